The van der Waals surface area contributed by atoms with Crippen molar-refractivity contribution in [2.45, 2.75) is 4.90 Å². The zero-order valence-corrected chi connectivity index (χ0v) is 13.1. The molecule has 0 radical (unpaired) electrons. The highest BCUT2D eigenvalue weighted by Crippen LogP contribution is 2.30. The minimum absolute atomic E-state index is 0.128. The number of nitrogen functional groups attached to an aromatic ring is 1. The first-order valence-electron chi connectivity index (χ1n) is 5.33. The van der Waals surface area contributed by atoms with E-state index < -0.39 is 20.7 Å². The number of nitrogens with two attached hydrogens (primary N) is 1. The van der Waals surface area contributed by atoms with Crippen LogP contribution in [-0.2, 0) is 10.0 Å². The van der Waals surface area contributed by atoms with E-state index in [9.17, 15) is 12.8 Å². The van der Waals surface area contributed by atoms with E-state index in [1.807, 2.05) is 0 Å². The largest absolute Gasteiger partial charge is 0.398 e. The number of sulfonamides is 1. The molecular weight excluding hydrogens is 371 g/mol. The third-order valence-corrected chi connectivity index (χ3v) is 4.72. The maximum atomic E-state index is 13.7. The fourth-order valence-electron chi connectivity index (χ4n) is 1.58. The Balaban J connectivity index is 2.49. The quantitative estimate of drug-likeness (QED) is 0.800. The summed E-state index contributed by atoms with van der Waals surface area (Å²) in [4.78, 5) is -0.601. The van der Waals surface area contributed by atoms with Gasteiger partial charge in [0.1, 0.15) is 10.7 Å². The summed E-state index contributed by atoms with van der Waals surface area (Å²) in [6.45, 7) is 0. The molecule has 20 heavy (non-hydrogen) atoms. The van der Waals surface area contributed by atoms with E-state index in [2.05, 4.69) is 20.7 Å². The number of nitrogens with one attached hydrogen (secondary N) is 1. The van der Waals surface area contributed by atoms with Gasteiger partial charge in [-0.25, -0.2) is 12.8 Å². The molecule has 0 aliphatic carbocycles. The Labute approximate surface area is 128 Å². The van der Waals surface area contributed by atoms with Gasteiger partial charge >= 0.3 is 0 Å². The van der Waals surface area contributed by atoms with Crippen molar-refractivity contribution in [3.05, 3.63) is 51.7 Å². The first kappa shape index (κ1) is 15.1. The van der Waals surface area contributed by atoms with Gasteiger partial charge in [-0.1, -0.05) is 33.6 Å². The van der Waals surface area contributed by atoms with Gasteiger partial charge < -0.3 is 5.73 Å². The molecule has 0 spiro atoms. The summed E-state index contributed by atoms with van der Waals surface area (Å²) in [6, 6.07) is 8.28. The summed E-state index contributed by atoms with van der Waals surface area (Å²) in [5.74, 6) is -0.927. The van der Waals surface area contributed by atoms with Crippen LogP contribution in [0, 0.1) is 5.82 Å². The normalized spacial score (nSPS) is 11.3. The first-order chi connectivity index (χ1) is 9.31. The van der Waals surface area contributed by atoms with Crippen LogP contribution in [0.4, 0.5) is 15.8 Å². The summed E-state index contributed by atoms with van der Waals surface area (Å²) in [5.41, 5.74) is 5.48. The third kappa shape index (κ3) is 3.05. The van der Waals surface area contributed by atoms with Crippen molar-refractivity contribution >= 4 is 48.9 Å². The van der Waals surface area contributed by atoms with E-state index in [-0.39, 0.29) is 16.4 Å². The highest BCUT2D eigenvalue weighted by molar-refractivity contribution is 9.10. The predicted molar refractivity (Wildman–Crippen MR) is 80.8 cm³/mol. The van der Waals surface area contributed by atoms with Crippen molar-refractivity contribution in [3.8, 4) is 0 Å². The summed E-state index contributed by atoms with van der Waals surface area (Å²) in [7, 11) is -4.17. The molecule has 0 bridgehead atoms. The van der Waals surface area contributed by atoms with E-state index >= 15 is 0 Å². The molecule has 3 N–H and O–H groups in total. The Morgan fingerprint density at radius 2 is 1.95 bits per heavy atom. The molecule has 0 saturated carbocycles. The number of anilines is 2. The maximum absolute atomic E-state index is 13.7. The topological polar surface area (TPSA) is 72.2 Å². The predicted octanol–water partition coefficient (Wildman–Crippen LogP) is 3.62. The van der Waals surface area contributed by atoms with Gasteiger partial charge in [0.15, 0.2) is 0 Å². The molecule has 8 heteroatoms. The summed E-state index contributed by atoms with van der Waals surface area (Å²) >= 11 is 9.09. The molecular formula is C12H9BrClFN2O2S. The molecule has 4 nitrogen and oxygen atoms in total. The SMILES string of the molecule is Nc1cccc(F)c1S(=O)(=O)Nc1cc(Br)ccc1Cl. The zero-order valence-electron chi connectivity index (χ0n) is 9.90. The highest BCUT2D eigenvalue weighted by Gasteiger charge is 2.23. The van der Waals surface area contributed by atoms with Crippen LogP contribution in [0.1, 0.15) is 0 Å². The van der Waals surface area contributed by atoms with E-state index in [0.717, 1.165) is 6.07 Å². The molecule has 2 aromatic rings. The minimum atomic E-state index is -4.17. The lowest BCUT2D eigenvalue weighted by molar-refractivity contribution is 0.572. The first-order valence-corrected chi connectivity index (χ1v) is 7.98. The van der Waals surface area contributed by atoms with E-state index in [4.69, 9.17) is 17.3 Å². The van der Waals surface area contributed by atoms with E-state index in [0.29, 0.717) is 4.47 Å². The number of benzene rings is 2. The Kier molecular flexibility index (Phi) is 4.22. The Bertz CT molecular complexity index is 748. The van der Waals surface area contributed by atoms with Crippen molar-refractivity contribution in [2.24, 2.45) is 0 Å². The van der Waals surface area contributed by atoms with Gasteiger partial charge in [0.05, 0.1) is 16.4 Å². The van der Waals surface area contributed by atoms with Crippen LogP contribution >= 0.6 is 27.5 Å². The van der Waals surface area contributed by atoms with Crippen molar-refractivity contribution in [3.63, 3.8) is 0 Å². The van der Waals surface area contributed by atoms with Crippen LogP contribution in [0.25, 0.3) is 0 Å². The van der Waals surface area contributed by atoms with Gasteiger partial charge in [-0.05, 0) is 30.3 Å². The van der Waals surface area contributed by atoms with Crippen LogP contribution in [0.15, 0.2) is 45.8 Å². The molecule has 2 aromatic carbocycles. The molecule has 0 fully saturated rings. The van der Waals surface area contributed by atoms with Gasteiger partial charge in [0, 0.05) is 4.47 Å². The van der Waals surface area contributed by atoms with Gasteiger partial charge in [-0.15, -0.1) is 0 Å². The summed E-state index contributed by atoms with van der Waals surface area (Å²) < 4.78 is 40.9. The Morgan fingerprint density at radius 1 is 1.25 bits per heavy atom. The molecule has 0 unspecified atom stereocenters. The maximum Gasteiger partial charge on any atom is 0.266 e. The fraction of sp³-hybridized carbons (Fsp3) is 0. The zero-order chi connectivity index (χ0) is 14.9. The average Bonchev–Trinajstić information content (AvgIpc) is 2.33. The van der Waals surface area contributed by atoms with Gasteiger partial charge in [0.2, 0.25) is 0 Å². The second-order valence-electron chi connectivity index (χ2n) is 3.89. The second kappa shape index (κ2) is 5.59. The lowest BCUT2D eigenvalue weighted by Gasteiger charge is -2.12. The van der Waals surface area contributed by atoms with Crippen molar-refractivity contribution in [2.75, 3.05) is 10.5 Å². The minimum Gasteiger partial charge on any atom is -0.398 e. The van der Waals surface area contributed by atoms with Gasteiger partial charge in [-0.2, -0.15) is 0 Å². The van der Waals surface area contributed by atoms with Crippen molar-refractivity contribution in [1.29, 1.82) is 0 Å². The molecule has 0 heterocycles. The smallest absolute Gasteiger partial charge is 0.266 e. The lowest BCUT2D eigenvalue weighted by atomic mass is 10.3. The number of halogens is 3. The van der Waals surface area contributed by atoms with E-state index in [1.165, 1.54) is 24.3 Å². The lowest BCUT2D eigenvalue weighted by Crippen LogP contribution is -2.16. The number of rotatable bonds is 3. The Hall–Kier alpha value is -1.31. The monoisotopic (exact) mass is 378 g/mol. The number of hydrogen-bond acceptors (Lipinski definition) is 3. The van der Waals surface area contributed by atoms with Gasteiger partial charge in [-0.3, -0.25) is 4.72 Å². The van der Waals surface area contributed by atoms with Crippen LogP contribution in [-0.4, -0.2) is 8.42 Å². The molecule has 0 saturated heterocycles. The molecule has 106 valence electrons. The third-order valence-electron chi connectivity index (χ3n) is 2.44. The fourth-order valence-corrected chi connectivity index (χ4v) is 3.43. The molecule has 0 amide bonds. The Morgan fingerprint density at radius 3 is 2.60 bits per heavy atom. The standard InChI is InChI=1S/C12H9BrClFN2O2S/c13-7-4-5-8(14)11(6-7)17-20(18,19)12-9(15)2-1-3-10(12)16/h1-6,17H,16H2. The number of hydrogen-bond donors (Lipinski definition) is 2. The summed E-state index contributed by atoms with van der Waals surface area (Å²) in [5, 5.41) is 0.187. The van der Waals surface area contributed by atoms with Crippen LogP contribution in [0.5, 0.6) is 0 Å². The molecule has 2 rings (SSSR count). The molecule has 0 aliphatic heterocycles. The van der Waals surface area contributed by atoms with Crippen LogP contribution < -0.4 is 10.5 Å². The van der Waals surface area contributed by atoms with Crippen molar-refractivity contribution in [1.82, 2.24) is 0 Å². The van der Waals surface area contributed by atoms with Crippen LogP contribution in [0.2, 0.25) is 5.02 Å². The highest BCUT2D eigenvalue weighted by atomic mass is 79.9. The molecule has 0 aromatic heterocycles. The average molecular weight is 380 g/mol. The molecule has 0 aliphatic rings. The van der Waals surface area contributed by atoms with E-state index in [1.54, 1.807) is 6.07 Å². The van der Waals surface area contributed by atoms with Crippen molar-refractivity contribution < 1.29 is 12.8 Å². The second-order valence-corrected chi connectivity index (χ2v) is 6.83. The van der Waals surface area contributed by atoms with Gasteiger partial charge in [0.25, 0.3) is 10.0 Å². The summed E-state index contributed by atoms with van der Waals surface area (Å²) in [6.07, 6.45) is 0. The van der Waals surface area contributed by atoms with Crippen LogP contribution in [0.3, 0.4) is 0 Å². The molecule has 0 atom stereocenters.